The van der Waals surface area contributed by atoms with Crippen LogP contribution in [0.15, 0.2) is 18.2 Å². The smallest absolute Gasteiger partial charge is 0.0459 e. The van der Waals surface area contributed by atoms with Gasteiger partial charge in [0.2, 0.25) is 0 Å². The Morgan fingerprint density at radius 1 is 1.30 bits per heavy atom. The summed E-state index contributed by atoms with van der Waals surface area (Å²) in [6.07, 6.45) is 4.77. The number of hydrogen-bond acceptors (Lipinski definition) is 2. The van der Waals surface area contributed by atoms with Gasteiger partial charge in [0.1, 0.15) is 0 Å². The lowest BCUT2D eigenvalue weighted by atomic mass is 9.89. The van der Waals surface area contributed by atoms with Crippen molar-refractivity contribution in [2.45, 2.75) is 39.5 Å². The Kier molecular flexibility index (Phi) is 5.74. The van der Waals surface area contributed by atoms with Gasteiger partial charge in [-0.1, -0.05) is 31.5 Å². The normalized spacial score (nSPS) is 20.2. The molecule has 0 saturated carbocycles. The number of anilines is 1. The van der Waals surface area contributed by atoms with Gasteiger partial charge in [0.25, 0.3) is 0 Å². The Labute approximate surface area is 128 Å². The summed E-state index contributed by atoms with van der Waals surface area (Å²) in [5, 5.41) is 0.859. The molecule has 0 aromatic heterocycles. The van der Waals surface area contributed by atoms with E-state index in [9.17, 15) is 0 Å². The average molecular weight is 295 g/mol. The maximum Gasteiger partial charge on any atom is 0.0459 e. The summed E-state index contributed by atoms with van der Waals surface area (Å²) in [4.78, 5) is 2.51. The second-order valence-corrected chi connectivity index (χ2v) is 6.61. The van der Waals surface area contributed by atoms with E-state index in [0.29, 0.717) is 6.54 Å². The highest BCUT2D eigenvalue weighted by atomic mass is 35.5. The molecule has 0 aliphatic carbocycles. The van der Waals surface area contributed by atoms with E-state index >= 15 is 0 Å². The van der Waals surface area contributed by atoms with Crippen LogP contribution in [0.1, 0.15) is 38.7 Å². The van der Waals surface area contributed by atoms with Gasteiger partial charge in [0.15, 0.2) is 0 Å². The van der Waals surface area contributed by atoms with Crippen LogP contribution in [-0.4, -0.2) is 19.6 Å². The van der Waals surface area contributed by atoms with Gasteiger partial charge in [0, 0.05) is 23.8 Å². The van der Waals surface area contributed by atoms with Gasteiger partial charge < -0.3 is 10.6 Å². The first-order chi connectivity index (χ1) is 9.63. The average Bonchev–Trinajstić information content (AvgIpc) is 2.67. The molecule has 1 aromatic rings. The summed E-state index contributed by atoms with van der Waals surface area (Å²) < 4.78 is 0. The Balaban J connectivity index is 2.17. The fourth-order valence-electron chi connectivity index (χ4n) is 3.27. The standard InChI is InChI=1S/C17H27ClN2/c1-13(2)14-5-4-11-20(12-9-14)17-7-3-6-16(18)15(17)8-10-19/h3,6-7,13-14H,4-5,8-12,19H2,1-2H3. The van der Waals surface area contributed by atoms with Crippen molar-refractivity contribution in [1.29, 1.82) is 0 Å². The van der Waals surface area contributed by atoms with E-state index in [-0.39, 0.29) is 0 Å². The number of halogens is 1. The lowest BCUT2D eigenvalue weighted by Crippen LogP contribution is -2.26. The molecule has 20 heavy (non-hydrogen) atoms. The van der Waals surface area contributed by atoms with Gasteiger partial charge in [-0.3, -0.25) is 0 Å². The Hall–Kier alpha value is -0.730. The van der Waals surface area contributed by atoms with E-state index in [2.05, 4.69) is 30.9 Å². The summed E-state index contributed by atoms with van der Waals surface area (Å²) in [5.41, 5.74) is 8.26. The fraction of sp³-hybridized carbons (Fsp3) is 0.647. The van der Waals surface area contributed by atoms with Crippen LogP contribution in [0, 0.1) is 11.8 Å². The van der Waals surface area contributed by atoms with Crippen molar-refractivity contribution in [3.05, 3.63) is 28.8 Å². The molecule has 1 atom stereocenters. The van der Waals surface area contributed by atoms with Crippen molar-refractivity contribution in [1.82, 2.24) is 0 Å². The molecule has 1 aliphatic rings. The van der Waals surface area contributed by atoms with Crippen LogP contribution in [0.3, 0.4) is 0 Å². The zero-order valence-electron chi connectivity index (χ0n) is 12.7. The van der Waals surface area contributed by atoms with E-state index in [0.717, 1.165) is 36.4 Å². The molecule has 0 spiro atoms. The van der Waals surface area contributed by atoms with Gasteiger partial charge in [-0.25, -0.2) is 0 Å². The van der Waals surface area contributed by atoms with E-state index < -0.39 is 0 Å². The summed E-state index contributed by atoms with van der Waals surface area (Å²) in [6.45, 7) is 7.63. The molecular weight excluding hydrogens is 268 g/mol. The number of hydrogen-bond donors (Lipinski definition) is 1. The first kappa shape index (κ1) is 15.7. The lowest BCUT2D eigenvalue weighted by Gasteiger charge is -2.26. The van der Waals surface area contributed by atoms with Crippen molar-refractivity contribution in [3.63, 3.8) is 0 Å². The van der Waals surface area contributed by atoms with Crippen LogP contribution in [0.25, 0.3) is 0 Å². The minimum Gasteiger partial charge on any atom is -0.371 e. The lowest BCUT2D eigenvalue weighted by molar-refractivity contribution is 0.351. The fourth-order valence-corrected chi connectivity index (χ4v) is 3.53. The Morgan fingerprint density at radius 2 is 2.10 bits per heavy atom. The zero-order chi connectivity index (χ0) is 14.5. The minimum absolute atomic E-state index is 0.652. The topological polar surface area (TPSA) is 29.3 Å². The largest absolute Gasteiger partial charge is 0.371 e. The SMILES string of the molecule is CC(C)C1CCCN(c2cccc(Cl)c2CCN)CC1. The highest BCUT2D eigenvalue weighted by Crippen LogP contribution is 2.32. The van der Waals surface area contributed by atoms with Gasteiger partial charge in [-0.2, -0.15) is 0 Å². The van der Waals surface area contributed by atoms with Gasteiger partial charge in [0.05, 0.1) is 0 Å². The molecule has 1 saturated heterocycles. The van der Waals surface area contributed by atoms with Crippen molar-refractivity contribution >= 4 is 17.3 Å². The van der Waals surface area contributed by atoms with Crippen molar-refractivity contribution in [2.75, 3.05) is 24.5 Å². The van der Waals surface area contributed by atoms with Crippen LogP contribution in [-0.2, 0) is 6.42 Å². The predicted octanol–water partition coefficient (Wildman–Crippen LogP) is 4.10. The van der Waals surface area contributed by atoms with Crippen molar-refractivity contribution < 1.29 is 0 Å². The van der Waals surface area contributed by atoms with E-state index in [1.807, 2.05) is 6.07 Å². The Bertz CT molecular complexity index is 431. The summed E-state index contributed by atoms with van der Waals surface area (Å²) in [7, 11) is 0. The molecule has 2 N–H and O–H groups in total. The first-order valence-corrected chi connectivity index (χ1v) is 8.23. The monoisotopic (exact) mass is 294 g/mol. The molecule has 1 aliphatic heterocycles. The third-order valence-electron chi connectivity index (χ3n) is 4.54. The molecule has 1 heterocycles. The molecule has 112 valence electrons. The molecule has 0 bridgehead atoms. The van der Waals surface area contributed by atoms with Gasteiger partial charge in [-0.15, -0.1) is 0 Å². The maximum absolute atomic E-state index is 6.37. The van der Waals surface area contributed by atoms with Crippen LogP contribution in [0.5, 0.6) is 0 Å². The summed E-state index contributed by atoms with van der Waals surface area (Å²) >= 11 is 6.37. The maximum atomic E-state index is 6.37. The van der Waals surface area contributed by atoms with Gasteiger partial charge >= 0.3 is 0 Å². The zero-order valence-corrected chi connectivity index (χ0v) is 13.5. The number of benzene rings is 1. The van der Waals surface area contributed by atoms with Crippen LogP contribution in [0.4, 0.5) is 5.69 Å². The van der Waals surface area contributed by atoms with Crippen molar-refractivity contribution in [2.24, 2.45) is 17.6 Å². The quantitative estimate of drug-likeness (QED) is 0.906. The number of rotatable bonds is 4. The number of nitrogens with two attached hydrogens (primary N) is 1. The third-order valence-corrected chi connectivity index (χ3v) is 4.90. The van der Waals surface area contributed by atoms with Crippen LogP contribution < -0.4 is 10.6 Å². The molecule has 2 rings (SSSR count). The summed E-state index contributed by atoms with van der Waals surface area (Å²) in [5.74, 6) is 1.65. The molecule has 0 amide bonds. The molecule has 0 radical (unpaired) electrons. The predicted molar refractivity (Wildman–Crippen MR) is 88.6 cm³/mol. The van der Waals surface area contributed by atoms with Crippen molar-refractivity contribution in [3.8, 4) is 0 Å². The molecular formula is C17H27ClN2. The Morgan fingerprint density at radius 3 is 2.80 bits per heavy atom. The van der Waals surface area contributed by atoms with Crippen LogP contribution >= 0.6 is 11.6 Å². The number of nitrogens with zero attached hydrogens (tertiary/aromatic N) is 1. The highest BCUT2D eigenvalue weighted by Gasteiger charge is 2.21. The first-order valence-electron chi connectivity index (χ1n) is 7.86. The molecule has 1 unspecified atom stereocenters. The third kappa shape index (κ3) is 3.67. The highest BCUT2D eigenvalue weighted by molar-refractivity contribution is 6.31. The summed E-state index contributed by atoms with van der Waals surface area (Å²) in [6, 6.07) is 6.24. The van der Waals surface area contributed by atoms with E-state index in [1.165, 1.54) is 30.5 Å². The molecule has 1 aromatic carbocycles. The molecule has 1 fully saturated rings. The van der Waals surface area contributed by atoms with Crippen LogP contribution in [0.2, 0.25) is 5.02 Å². The second kappa shape index (κ2) is 7.33. The van der Waals surface area contributed by atoms with E-state index in [4.69, 9.17) is 17.3 Å². The van der Waals surface area contributed by atoms with Gasteiger partial charge in [-0.05, 0) is 61.8 Å². The second-order valence-electron chi connectivity index (χ2n) is 6.20. The molecule has 2 nitrogen and oxygen atoms in total. The van der Waals surface area contributed by atoms with E-state index in [1.54, 1.807) is 0 Å². The minimum atomic E-state index is 0.652. The molecule has 3 heteroatoms.